The molecule has 0 aliphatic heterocycles. The molecule has 0 unspecified atom stereocenters. The second-order valence-electron chi connectivity index (χ2n) is 5.51. The molecule has 0 N–H and O–H groups in total. The summed E-state index contributed by atoms with van der Waals surface area (Å²) >= 11 is 0. The molecule has 1 nitrogen and oxygen atoms in total. The summed E-state index contributed by atoms with van der Waals surface area (Å²) in [6.45, 7) is 6.05. The van der Waals surface area contributed by atoms with Crippen molar-refractivity contribution in [3.05, 3.63) is 35.4 Å². The van der Waals surface area contributed by atoms with Crippen LogP contribution in [0.5, 0.6) is 0 Å². The third kappa shape index (κ3) is 8.83. The first-order valence-electron chi connectivity index (χ1n) is 7.96. The molecule has 0 heterocycles. The van der Waals surface area contributed by atoms with Crippen molar-refractivity contribution < 1.29 is 4.74 Å². The Labute approximate surface area is 119 Å². The van der Waals surface area contributed by atoms with Crippen LogP contribution in [0.15, 0.2) is 24.3 Å². The van der Waals surface area contributed by atoms with Gasteiger partial charge in [-0.2, -0.15) is 0 Å². The molecule has 1 rings (SSSR count). The van der Waals surface area contributed by atoms with Crippen molar-refractivity contribution in [1.82, 2.24) is 0 Å². The summed E-state index contributed by atoms with van der Waals surface area (Å²) in [5.74, 6) is 0. The smallest absolute Gasteiger partial charge is 0.0716 e. The monoisotopic (exact) mass is 262 g/mol. The average molecular weight is 262 g/mol. The molecular weight excluding hydrogens is 232 g/mol. The van der Waals surface area contributed by atoms with Crippen molar-refractivity contribution in [3.63, 3.8) is 0 Å². The van der Waals surface area contributed by atoms with Crippen molar-refractivity contribution in [2.45, 2.75) is 71.8 Å². The van der Waals surface area contributed by atoms with Crippen molar-refractivity contribution in [1.29, 1.82) is 0 Å². The van der Waals surface area contributed by atoms with Crippen molar-refractivity contribution in [2.75, 3.05) is 6.61 Å². The molecule has 0 bridgehead atoms. The number of hydrogen-bond acceptors (Lipinski definition) is 1. The van der Waals surface area contributed by atoms with Gasteiger partial charge in [-0.3, -0.25) is 0 Å². The van der Waals surface area contributed by atoms with E-state index >= 15 is 0 Å². The molecule has 0 aromatic heterocycles. The minimum atomic E-state index is 0.761. The summed E-state index contributed by atoms with van der Waals surface area (Å²) in [4.78, 5) is 0. The van der Waals surface area contributed by atoms with E-state index in [0.29, 0.717) is 0 Å². The fraction of sp³-hybridized carbons (Fsp3) is 0.667. The number of unbranched alkanes of at least 4 members (excludes halogenated alkanes) is 7. The fourth-order valence-corrected chi connectivity index (χ4v) is 2.21. The highest BCUT2D eigenvalue weighted by atomic mass is 16.5. The number of hydrogen-bond donors (Lipinski definition) is 0. The van der Waals surface area contributed by atoms with E-state index in [4.69, 9.17) is 4.74 Å². The summed E-state index contributed by atoms with van der Waals surface area (Å²) < 4.78 is 5.70. The molecule has 108 valence electrons. The van der Waals surface area contributed by atoms with Crippen LogP contribution in [-0.2, 0) is 11.3 Å². The zero-order chi connectivity index (χ0) is 13.8. The van der Waals surface area contributed by atoms with Gasteiger partial charge in [-0.25, -0.2) is 0 Å². The third-order valence-corrected chi connectivity index (χ3v) is 3.53. The van der Waals surface area contributed by atoms with E-state index in [2.05, 4.69) is 38.1 Å². The Morgan fingerprint density at radius 3 is 2.00 bits per heavy atom. The molecule has 0 atom stereocenters. The predicted octanol–water partition coefficient (Wildman–Crippen LogP) is 5.65. The molecule has 0 saturated heterocycles. The van der Waals surface area contributed by atoms with Gasteiger partial charge < -0.3 is 4.74 Å². The SMILES string of the molecule is CCCCCCCCCCOCc1ccc(C)cc1. The number of ether oxygens (including phenoxy) is 1. The van der Waals surface area contributed by atoms with E-state index in [0.717, 1.165) is 13.2 Å². The van der Waals surface area contributed by atoms with Crippen LogP contribution in [0.3, 0.4) is 0 Å². The fourth-order valence-electron chi connectivity index (χ4n) is 2.21. The molecule has 1 heteroatoms. The summed E-state index contributed by atoms with van der Waals surface area (Å²) in [7, 11) is 0. The molecule has 1 aromatic rings. The van der Waals surface area contributed by atoms with Crippen molar-refractivity contribution in [3.8, 4) is 0 Å². The number of benzene rings is 1. The molecule has 0 aliphatic carbocycles. The van der Waals surface area contributed by atoms with Gasteiger partial charge in [-0.1, -0.05) is 81.7 Å². The quantitative estimate of drug-likeness (QED) is 0.468. The van der Waals surface area contributed by atoms with Crippen LogP contribution in [0.4, 0.5) is 0 Å². The molecule has 0 aliphatic rings. The normalized spacial score (nSPS) is 10.8. The second-order valence-corrected chi connectivity index (χ2v) is 5.51. The van der Waals surface area contributed by atoms with E-state index in [1.54, 1.807) is 0 Å². The van der Waals surface area contributed by atoms with Crippen LogP contribution in [-0.4, -0.2) is 6.61 Å². The van der Waals surface area contributed by atoms with E-state index < -0.39 is 0 Å². The van der Waals surface area contributed by atoms with Gasteiger partial charge in [0.05, 0.1) is 6.61 Å². The van der Waals surface area contributed by atoms with Crippen LogP contribution in [0.1, 0.15) is 69.4 Å². The van der Waals surface area contributed by atoms with Gasteiger partial charge in [-0.05, 0) is 18.9 Å². The average Bonchev–Trinajstić information content (AvgIpc) is 2.43. The molecule has 19 heavy (non-hydrogen) atoms. The number of rotatable bonds is 11. The van der Waals surface area contributed by atoms with Crippen LogP contribution >= 0.6 is 0 Å². The Hall–Kier alpha value is -0.820. The van der Waals surface area contributed by atoms with Crippen molar-refractivity contribution in [2.24, 2.45) is 0 Å². The maximum Gasteiger partial charge on any atom is 0.0716 e. The lowest BCUT2D eigenvalue weighted by atomic mass is 10.1. The molecule has 0 saturated carbocycles. The summed E-state index contributed by atoms with van der Waals surface area (Å²) in [5, 5.41) is 0. The maximum absolute atomic E-state index is 5.70. The Bertz CT molecular complexity index is 302. The summed E-state index contributed by atoms with van der Waals surface area (Å²) in [6.07, 6.45) is 10.9. The number of aryl methyl sites for hydroxylation is 1. The Morgan fingerprint density at radius 1 is 0.789 bits per heavy atom. The Balaban J connectivity index is 1.87. The van der Waals surface area contributed by atoms with Crippen molar-refractivity contribution >= 4 is 0 Å². The van der Waals surface area contributed by atoms with Crippen LogP contribution in [0.2, 0.25) is 0 Å². The van der Waals surface area contributed by atoms with E-state index in [-0.39, 0.29) is 0 Å². The topological polar surface area (TPSA) is 9.23 Å². The van der Waals surface area contributed by atoms with Crippen LogP contribution in [0, 0.1) is 6.92 Å². The lowest BCUT2D eigenvalue weighted by Gasteiger charge is -2.05. The molecule has 0 amide bonds. The molecule has 0 radical (unpaired) electrons. The second kappa shape index (κ2) is 11.0. The maximum atomic E-state index is 5.70. The van der Waals surface area contributed by atoms with E-state index in [1.165, 1.54) is 62.5 Å². The third-order valence-electron chi connectivity index (χ3n) is 3.53. The summed E-state index contributed by atoms with van der Waals surface area (Å²) in [6, 6.07) is 8.61. The zero-order valence-electron chi connectivity index (χ0n) is 12.8. The minimum Gasteiger partial charge on any atom is -0.377 e. The van der Waals surface area contributed by atoms with Gasteiger partial charge >= 0.3 is 0 Å². The highest BCUT2D eigenvalue weighted by Crippen LogP contribution is 2.09. The minimum absolute atomic E-state index is 0.761. The van der Waals surface area contributed by atoms with E-state index in [1.807, 2.05) is 0 Å². The van der Waals surface area contributed by atoms with Gasteiger partial charge in [0.25, 0.3) is 0 Å². The Kier molecular flexibility index (Phi) is 9.44. The Morgan fingerprint density at radius 2 is 1.37 bits per heavy atom. The van der Waals surface area contributed by atoms with Gasteiger partial charge in [-0.15, -0.1) is 0 Å². The largest absolute Gasteiger partial charge is 0.377 e. The molecular formula is C18H30O. The van der Waals surface area contributed by atoms with Gasteiger partial charge in [0.2, 0.25) is 0 Å². The highest BCUT2D eigenvalue weighted by molar-refractivity contribution is 5.20. The zero-order valence-corrected chi connectivity index (χ0v) is 12.8. The van der Waals surface area contributed by atoms with Gasteiger partial charge in [0.1, 0.15) is 0 Å². The first kappa shape index (κ1) is 16.2. The lowest BCUT2D eigenvalue weighted by molar-refractivity contribution is 0.116. The van der Waals surface area contributed by atoms with Gasteiger partial charge in [0.15, 0.2) is 0 Å². The van der Waals surface area contributed by atoms with Crippen LogP contribution in [0.25, 0.3) is 0 Å². The highest BCUT2D eigenvalue weighted by Gasteiger charge is 1.94. The molecule has 1 aromatic carbocycles. The van der Waals surface area contributed by atoms with Gasteiger partial charge in [0, 0.05) is 6.61 Å². The molecule has 0 fully saturated rings. The lowest BCUT2D eigenvalue weighted by Crippen LogP contribution is -1.95. The predicted molar refractivity (Wildman–Crippen MR) is 83.4 cm³/mol. The van der Waals surface area contributed by atoms with Crippen LogP contribution < -0.4 is 0 Å². The summed E-state index contributed by atoms with van der Waals surface area (Å²) in [5.41, 5.74) is 2.59. The molecule has 0 spiro atoms. The van der Waals surface area contributed by atoms with E-state index in [9.17, 15) is 0 Å². The standard InChI is InChI=1S/C18H30O/c1-3-4-5-6-7-8-9-10-15-19-16-18-13-11-17(2)12-14-18/h11-14H,3-10,15-16H2,1-2H3. The first-order valence-corrected chi connectivity index (χ1v) is 7.96. The first-order chi connectivity index (χ1) is 9.33.